The van der Waals surface area contributed by atoms with Gasteiger partial charge in [-0.25, -0.2) is 0 Å². The third-order valence-electron chi connectivity index (χ3n) is 8.82. The number of aliphatic hydroxyl groups excluding tert-OH is 1. The van der Waals surface area contributed by atoms with Gasteiger partial charge in [-0.1, -0.05) is 57.2 Å². The standard InChI is InChI=1S/C30H37N3O4S/c1-16(2)21(15-34)33-26(28(36)32-25-17(3)10-9-11-18(25)4)30-19(5)14-22(38-30)23(24(30)29(33)37)27(35)31-20-12-7-6-8-13-20/h6-13,16,19,21-24,26,34H,14-15H2,1-5H3,(H,31,35)(H,32,36)/t19?,21-,22-,23+,24-,26?,30?/m0/s1. The van der Waals surface area contributed by atoms with Gasteiger partial charge in [0.2, 0.25) is 17.7 Å². The number of thioether (sulfide) groups is 1. The molecular weight excluding hydrogens is 498 g/mol. The minimum Gasteiger partial charge on any atom is -0.394 e. The van der Waals surface area contributed by atoms with Crippen LogP contribution in [0.5, 0.6) is 0 Å². The van der Waals surface area contributed by atoms with Crippen molar-refractivity contribution in [2.24, 2.45) is 23.7 Å². The molecule has 7 atom stereocenters. The summed E-state index contributed by atoms with van der Waals surface area (Å²) in [6.45, 7) is 9.66. The molecule has 7 nitrogen and oxygen atoms in total. The molecule has 8 heteroatoms. The number of anilines is 2. The highest BCUT2D eigenvalue weighted by molar-refractivity contribution is 8.02. The smallest absolute Gasteiger partial charge is 0.248 e. The van der Waals surface area contributed by atoms with Crippen LogP contribution in [0, 0.1) is 37.5 Å². The van der Waals surface area contributed by atoms with Gasteiger partial charge < -0.3 is 20.6 Å². The minimum absolute atomic E-state index is 0.0491. The van der Waals surface area contributed by atoms with Crippen molar-refractivity contribution in [2.75, 3.05) is 17.2 Å². The molecule has 3 amide bonds. The summed E-state index contributed by atoms with van der Waals surface area (Å²) in [7, 11) is 0. The SMILES string of the molecule is Cc1cccc(C)c1NC(=O)C1N([C@@H](CO)C(C)C)C(=O)[C@@H]2[C@H](C(=O)Nc3ccccc3)[C@@H]3CC(C)C12S3. The molecule has 0 saturated carbocycles. The zero-order valence-corrected chi connectivity index (χ0v) is 23.4. The summed E-state index contributed by atoms with van der Waals surface area (Å²) in [4.78, 5) is 43.9. The number of hydrogen-bond acceptors (Lipinski definition) is 5. The number of carbonyl (C=O) groups is 3. The van der Waals surface area contributed by atoms with Crippen molar-refractivity contribution < 1.29 is 19.5 Å². The number of aliphatic hydroxyl groups is 1. The van der Waals surface area contributed by atoms with E-state index in [9.17, 15) is 19.5 Å². The lowest BCUT2D eigenvalue weighted by Crippen LogP contribution is -2.58. The molecule has 3 saturated heterocycles. The molecule has 2 aromatic rings. The van der Waals surface area contributed by atoms with E-state index in [1.54, 1.807) is 16.7 Å². The normalized spacial score (nSPS) is 30.4. The van der Waals surface area contributed by atoms with Gasteiger partial charge in [0.05, 0.1) is 29.2 Å². The molecule has 0 aliphatic carbocycles. The predicted molar refractivity (Wildman–Crippen MR) is 151 cm³/mol. The minimum atomic E-state index is -0.793. The first-order chi connectivity index (χ1) is 18.1. The number of para-hydroxylation sites is 2. The number of fused-ring (bicyclic) bond motifs is 1. The number of carbonyl (C=O) groups excluding carboxylic acids is 3. The first-order valence-electron chi connectivity index (χ1n) is 13.5. The van der Waals surface area contributed by atoms with E-state index >= 15 is 0 Å². The van der Waals surface area contributed by atoms with E-state index < -0.39 is 28.7 Å². The van der Waals surface area contributed by atoms with Crippen molar-refractivity contribution in [1.29, 1.82) is 0 Å². The Morgan fingerprint density at radius 2 is 1.71 bits per heavy atom. The van der Waals surface area contributed by atoms with Gasteiger partial charge in [0.25, 0.3) is 0 Å². The second-order valence-electron chi connectivity index (χ2n) is 11.4. The predicted octanol–water partition coefficient (Wildman–Crippen LogP) is 4.23. The summed E-state index contributed by atoms with van der Waals surface area (Å²) < 4.78 is -0.747. The maximum absolute atomic E-state index is 14.3. The average Bonchev–Trinajstić information content (AvgIpc) is 3.46. The Balaban J connectivity index is 1.57. The Kier molecular flexibility index (Phi) is 7.07. The monoisotopic (exact) mass is 535 g/mol. The van der Waals surface area contributed by atoms with Gasteiger partial charge in [0.1, 0.15) is 6.04 Å². The van der Waals surface area contributed by atoms with Crippen molar-refractivity contribution in [3.63, 3.8) is 0 Å². The summed E-state index contributed by atoms with van der Waals surface area (Å²) >= 11 is 1.64. The molecule has 3 aliphatic heterocycles. The van der Waals surface area contributed by atoms with Crippen molar-refractivity contribution >= 4 is 40.9 Å². The first kappa shape index (κ1) is 26.8. The van der Waals surface area contributed by atoms with Crippen molar-refractivity contribution in [3.8, 4) is 0 Å². The average molecular weight is 536 g/mol. The zero-order chi connectivity index (χ0) is 27.4. The largest absolute Gasteiger partial charge is 0.394 e. The third kappa shape index (κ3) is 4.04. The first-order valence-corrected chi connectivity index (χ1v) is 14.3. The van der Waals surface area contributed by atoms with E-state index in [-0.39, 0.29) is 41.4 Å². The lowest BCUT2D eigenvalue weighted by molar-refractivity contribution is -0.142. The molecule has 38 heavy (non-hydrogen) atoms. The molecule has 2 bridgehead atoms. The van der Waals surface area contributed by atoms with Crippen LogP contribution in [0.25, 0.3) is 0 Å². The molecule has 2 aromatic carbocycles. The second-order valence-corrected chi connectivity index (χ2v) is 13.0. The molecule has 5 rings (SSSR count). The van der Waals surface area contributed by atoms with Crippen molar-refractivity contribution in [3.05, 3.63) is 59.7 Å². The Bertz CT molecular complexity index is 1230. The van der Waals surface area contributed by atoms with Crippen molar-refractivity contribution in [1.82, 2.24) is 4.90 Å². The molecule has 3 fully saturated rings. The molecule has 202 valence electrons. The number of aryl methyl sites for hydroxylation is 2. The number of nitrogens with one attached hydrogen (secondary N) is 2. The maximum Gasteiger partial charge on any atom is 0.248 e. The Hall–Kier alpha value is -2.84. The van der Waals surface area contributed by atoms with Crippen LogP contribution < -0.4 is 10.6 Å². The summed E-state index contributed by atoms with van der Waals surface area (Å²) in [6.07, 6.45) is 0.758. The molecular formula is C30H37N3O4S. The van der Waals surface area contributed by atoms with E-state index in [2.05, 4.69) is 17.6 Å². The number of amides is 3. The Morgan fingerprint density at radius 3 is 2.32 bits per heavy atom. The van der Waals surface area contributed by atoms with Crippen LogP contribution in [0.4, 0.5) is 11.4 Å². The van der Waals surface area contributed by atoms with Crippen LogP contribution >= 0.6 is 11.8 Å². The lowest BCUT2D eigenvalue weighted by atomic mass is 9.65. The zero-order valence-electron chi connectivity index (χ0n) is 22.6. The van der Waals surface area contributed by atoms with Crippen LogP contribution in [-0.4, -0.2) is 56.4 Å². The number of likely N-dealkylation sites (tertiary alicyclic amines) is 1. The summed E-state index contributed by atoms with van der Waals surface area (Å²) in [5.74, 6) is -1.82. The summed E-state index contributed by atoms with van der Waals surface area (Å²) in [5.41, 5.74) is 3.33. The van der Waals surface area contributed by atoms with Gasteiger partial charge in [0, 0.05) is 16.6 Å². The number of rotatable bonds is 7. The van der Waals surface area contributed by atoms with Gasteiger partial charge in [-0.2, -0.15) is 0 Å². The van der Waals surface area contributed by atoms with E-state index in [4.69, 9.17) is 0 Å². The molecule has 3 heterocycles. The molecule has 1 spiro atoms. The van der Waals surface area contributed by atoms with E-state index in [0.717, 1.165) is 23.2 Å². The summed E-state index contributed by atoms with van der Waals surface area (Å²) in [6, 6.07) is 13.8. The van der Waals surface area contributed by atoms with Crippen LogP contribution in [-0.2, 0) is 14.4 Å². The fraction of sp³-hybridized carbons (Fsp3) is 0.500. The van der Waals surface area contributed by atoms with E-state index in [0.29, 0.717) is 5.69 Å². The summed E-state index contributed by atoms with van der Waals surface area (Å²) in [5, 5.41) is 16.5. The number of nitrogens with zero attached hydrogens (tertiary/aromatic N) is 1. The molecule has 3 aliphatic rings. The maximum atomic E-state index is 14.3. The number of hydrogen-bond donors (Lipinski definition) is 3. The molecule has 3 N–H and O–H groups in total. The van der Waals surface area contributed by atoms with Crippen molar-refractivity contribution in [2.45, 2.75) is 63.1 Å². The number of benzene rings is 2. The lowest BCUT2D eigenvalue weighted by Gasteiger charge is -2.41. The highest BCUT2D eigenvalue weighted by Crippen LogP contribution is 2.69. The highest BCUT2D eigenvalue weighted by Gasteiger charge is 2.76. The fourth-order valence-corrected chi connectivity index (χ4v) is 9.40. The van der Waals surface area contributed by atoms with Crippen LogP contribution in [0.2, 0.25) is 0 Å². The van der Waals surface area contributed by atoms with Gasteiger partial charge in [-0.05, 0) is 55.4 Å². The second kappa shape index (κ2) is 10.0. The Labute approximate surface area is 228 Å². The molecule has 3 unspecified atom stereocenters. The van der Waals surface area contributed by atoms with Crippen LogP contribution in [0.1, 0.15) is 38.3 Å². The fourth-order valence-electron chi connectivity index (χ4n) is 6.99. The van der Waals surface area contributed by atoms with E-state index in [1.807, 2.05) is 76.2 Å². The van der Waals surface area contributed by atoms with Gasteiger partial charge in [-0.3, -0.25) is 14.4 Å². The van der Waals surface area contributed by atoms with Gasteiger partial charge in [0.15, 0.2) is 0 Å². The molecule has 0 aromatic heterocycles. The van der Waals surface area contributed by atoms with Crippen LogP contribution in [0.3, 0.4) is 0 Å². The van der Waals surface area contributed by atoms with Crippen LogP contribution in [0.15, 0.2) is 48.5 Å². The van der Waals surface area contributed by atoms with E-state index in [1.165, 1.54) is 0 Å². The highest BCUT2D eigenvalue weighted by atomic mass is 32.2. The van der Waals surface area contributed by atoms with Gasteiger partial charge in [-0.15, -0.1) is 11.8 Å². The molecule has 0 radical (unpaired) electrons. The third-order valence-corrected chi connectivity index (χ3v) is 10.9. The topological polar surface area (TPSA) is 98.7 Å². The van der Waals surface area contributed by atoms with Gasteiger partial charge >= 0.3 is 0 Å². The quantitative estimate of drug-likeness (QED) is 0.493. The Morgan fingerprint density at radius 1 is 1.05 bits per heavy atom.